The summed E-state index contributed by atoms with van der Waals surface area (Å²) in [6, 6.07) is 5.11. The van der Waals surface area contributed by atoms with Crippen LogP contribution >= 0.6 is 11.6 Å². The van der Waals surface area contributed by atoms with Crippen molar-refractivity contribution >= 4 is 23.3 Å². The molecule has 6 nitrogen and oxygen atoms in total. The van der Waals surface area contributed by atoms with Crippen LogP contribution in [0.4, 0.5) is 0 Å². The molecule has 132 valence electrons. The number of hydrogen-bond donors (Lipinski definition) is 0. The second-order valence-corrected chi connectivity index (χ2v) is 5.85. The number of oxime groups is 1. The molecule has 1 aliphatic rings. The third kappa shape index (κ3) is 4.61. The topological polar surface area (TPSA) is 66.3 Å². The van der Waals surface area contributed by atoms with Gasteiger partial charge in [0.15, 0.2) is 6.10 Å². The predicted octanol–water partition coefficient (Wildman–Crippen LogP) is 3.20. The van der Waals surface area contributed by atoms with Crippen LogP contribution in [-0.4, -0.2) is 44.2 Å². The summed E-state index contributed by atoms with van der Waals surface area (Å²) in [5.74, 6) is 0.0156. The number of nitrogens with zero attached hydrogens (tertiary/aromatic N) is 1. The molecule has 2 rings (SSSR count). The van der Waals surface area contributed by atoms with Crippen LogP contribution in [0, 0.1) is 0 Å². The lowest BCUT2D eigenvalue weighted by atomic mass is 10.0. The van der Waals surface area contributed by atoms with Gasteiger partial charge in [-0.05, 0) is 31.5 Å². The van der Waals surface area contributed by atoms with E-state index in [2.05, 4.69) is 12.1 Å². The van der Waals surface area contributed by atoms with Crippen LogP contribution in [0.25, 0.3) is 0 Å². The van der Waals surface area contributed by atoms with Gasteiger partial charge in [0.1, 0.15) is 24.2 Å². The van der Waals surface area contributed by atoms with Gasteiger partial charge >= 0.3 is 5.97 Å². The molecule has 0 bridgehead atoms. The Morgan fingerprint density at radius 2 is 2.29 bits per heavy atom. The lowest BCUT2D eigenvalue weighted by Crippen LogP contribution is -2.28. The van der Waals surface area contributed by atoms with Crippen molar-refractivity contribution in [3.05, 3.63) is 28.8 Å². The molecule has 7 heteroatoms. The van der Waals surface area contributed by atoms with Crippen molar-refractivity contribution in [2.24, 2.45) is 5.16 Å². The Kier molecular flexibility index (Phi) is 6.87. The molecule has 0 unspecified atom stereocenters. The molecule has 24 heavy (non-hydrogen) atoms. The minimum atomic E-state index is -0.752. The highest BCUT2D eigenvalue weighted by molar-refractivity contribution is 6.31. The van der Waals surface area contributed by atoms with Crippen molar-refractivity contribution in [2.75, 3.05) is 20.3 Å². The largest absolute Gasteiger partial charge is 0.478 e. The van der Waals surface area contributed by atoms with E-state index in [1.165, 1.54) is 7.11 Å². The maximum absolute atomic E-state index is 11.6. The molecule has 2 atom stereocenters. The van der Waals surface area contributed by atoms with E-state index in [0.717, 1.165) is 12.8 Å². The first-order chi connectivity index (χ1) is 11.6. The van der Waals surface area contributed by atoms with Gasteiger partial charge in [-0.1, -0.05) is 30.1 Å². The van der Waals surface area contributed by atoms with E-state index in [1.807, 2.05) is 0 Å². The lowest BCUT2D eigenvalue weighted by Gasteiger charge is -2.18. The molecule has 0 N–H and O–H groups in total. The highest BCUT2D eigenvalue weighted by atomic mass is 35.5. The first kappa shape index (κ1) is 18.5. The number of carbonyl (C=O) groups is 1. The average Bonchev–Trinajstić information content (AvgIpc) is 3.04. The Morgan fingerprint density at radius 3 is 3.00 bits per heavy atom. The molecule has 0 aromatic heterocycles. The van der Waals surface area contributed by atoms with Crippen molar-refractivity contribution in [1.82, 2.24) is 0 Å². The van der Waals surface area contributed by atoms with Crippen molar-refractivity contribution in [3.8, 4) is 5.75 Å². The van der Waals surface area contributed by atoms with Gasteiger partial charge in [-0.15, -0.1) is 0 Å². The zero-order chi connectivity index (χ0) is 17.5. The Bertz CT molecular complexity index is 605. The summed E-state index contributed by atoms with van der Waals surface area (Å²) in [7, 11) is 1.32. The number of unbranched alkanes of at least 4 members (excludes halogenated alkanes) is 1. The number of ether oxygens (including phenoxy) is 3. The summed E-state index contributed by atoms with van der Waals surface area (Å²) in [6.07, 6.45) is 0.965. The van der Waals surface area contributed by atoms with E-state index in [-0.39, 0.29) is 6.10 Å². The number of rotatable bonds is 8. The minimum absolute atomic E-state index is 0.286. The predicted molar refractivity (Wildman–Crippen MR) is 90.7 cm³/mol. The smallest absolute Gasteiger partial charge is 0.346 e. The van der Waals surface area contributed by atoms with E-state index in [4.69, 9.17) is 30.6 Å². The van der Waals surface area contributed by atoms with Crippen LogP contribution in [0.3, 0.4) is 0 Å². The summed E-state index contributed by atoms with van der Waals surface area (Å²) in [5, 5.41) is 4.61. The van der Waals surface area contributed by atoms with Crippen molar-refractivity contribution in [3.63, 3.8) is 0 Å². The second-order valence-electron chi connectivity index (χ2n) is 5.41. The molecular weight excluding hydrogens is 334 g/mol. The summed E-state index contributed by atoms with van der Waals surface area (Å²) in [6.45, 7) is 4.68. The number of methoxy groups -OCH3 is 1. The molecule has 0 amide bonds. The van der Waals surface area contributed by atoms with Crippen molar-refractivity contribution in [2.45, 2.75) is 38.9 Å². The number of benzene rings is 1. The number of halogens is 1. The maximum atomic E-state index is 11.6. The molecule has 1 aromatic rings. The van der Waals surface area contributed by atoms with E-state index in [1.54, 1.807) is 25.1 Å². The fourth-order valence-electron chi connectivity index (χ4n) is 2.24. The quantitative estimate of drug-likeness (QED) is 0.529. The van der Waals surface area contributed by atoms with E-state index in [0.29, 0.717) is 35.3 Å². The molecule has 1 aromatic carbocycles. The van der Waals surface area contributed by atoms with E-state index < -0.39 is 12.1 Å². The highest BCUT2D eigenvalue weighted by Crippen LogP contribution is 2.28. The third-order valence-corrected chi connectivity index (χ3v) is 3.80. The number of hydrogen-bond acceptors (Lipinski definition) is 6. The molecule has 1 aliphatic heterocycles. The molecule has 1 heterocycles. The summed E-state index contributed by atoms with van der Waals surface area (Å²) >= 11 is 6.11. The fourth-order valence-corrected chi connectivity index (χ4v) is 2.41. The van der Waals surface area contributed by atoms with Crippen molar-refractivity contribution in [1.29, 1.82) is 0 Å². The van der Waals surface area contributed by atoms with Gasteiger partial charge < -0.3 is 19.0 Å². The van der Waals surface area contributed by atoms with Crippen LogP contribution < -0.4 is 4.74 Å². The average molecular weight is 356 g/mol. The summed E-state index contributed by atoms with van der Waals surface area (Å²) in [4.78, 5) is 16.8. The number of carbonyl (C=O) groups excluding carboxylic acids is 1. The summed E-state index contributed by atoms with van der Waals surface area (Å²) in [5.41, 5.74) is 1.26. The third-order valence-electron chi connectivity index (χ3n) is 3.57. The molecule has 0 saturated heterocycles. The van der Waals surface area contributed by atoms with Crippen LogP contribution in [0.1, 0.15) is 32.3 Å². The van der Waals surface area contributed by atoms with E-state index >= 15 is 0 Å². The number of esters is 1. The Morgan fingerprint density at radius 1 is 1.50 bits per heavy atom. The first-order valence-corrected chi connectivity index (χ1v) is 8.30. The second kappa shape index (κ2) is 8.89. The van der Waals surface area contributed by atoms with E-state index in [9.17, 15) is 4.79 Å². The van der Waals surface area contributed by atoms with Crippen molar-refractivity contribution < 1.29 is 23.8 Å². The lowest BCUT2D eigenvalue weighted by molar-refractivity contribution is -0.147. The summed E-state index contributed by atoms with van der Waals surface area (Å²) < 4.78 is 16.2. The first-order valence-electron chi connectivity index (χ1n) is 7.92. The van der Waals surface area contributed by atoms with Gasteiger partial charge in [-0.3, -0.25) is 0 Å². The van der Waals surface area contributed by atoms with Gasteiger partial charge in [0.25, 0.3) is 0 Å². The Hall–Kier alpha value is -1.79. The molecule has 0 fully saturated rings. The Balaban J connectivity index is 2.21. The van der Waals surface area contributed by atoms with Gasteiger partial charge in [0, 0.05) is 17.2 Å². The Labute approximate surface area is 146 Å². The van der Waals surface area contributed by atoms with Crippen LogP contribution in [0.2, 0.25) is 5.02 Å². The standard InChI is InChI=1S/C17H22ClNO5/c1-4-5-8-22-15-10-23-19-16(15)13-9-12(18)6-7-14(13)24-11(2)17(20)21-3/h6-7,9,11,15H,4-5,8,10H2,1-3H3/t11-,15+/m0/s1. The maximum Gasteiger partial charge on any atom is 0.346 e. The molecular formula is C17H22ClNO5. The molecule has 0 saturated carbocycles. The van der Waals surface area contributed by atoms with Crippen LogP contribution in [0.5, 0.6) is 5.75 Å². The minimum Gasteiger partial charge on any atom is -0.478 e. The fraction of sp³-hybridized carbons (Fsp3) is 0.529. The normalized spacial score (nSPS) is 17.8. The molecule has 0 aliphatic carbocycles. The zero-order valence-corrected chi connectivity index (χ0v) is 14.8. The van der Waals surface area contributed by atoms with Gasteiger partial charge in [-0.2, -0.15) is 0 Å². The monoisotopic (exact) mass is 355 g/mol. The van der Waals surface area contributed by atoms with Crippen LogP contribution in [0.15, 0.2) is 23.4 Å². The molecule has 0 radical (unpaired) electrons. The van der Waals surface area contributed by atoms with Gasteiger partial charge in [-0.25, -0.2) is 4.79 Å². The zero-order valence-electron chi connectivity index (χ0n) is 14.1. The molecule has 0 spiro atoms. The van der Waals surface area contributed by atoms with Crippen LogP contribution in [-0.2, 0) is 19.1 Å². The SMILES string of the molecule is CCCCO[C@@H]1CON=C1c1cc(Cl)ccc1O[C@@H](C)C(=O)OC. The highest BCUT2D eigenvalue weighted by Gasteiger charge is 2.29. The van der Waals surface area contributed by atoms with Gasteiger partial charge in [0.2, 0.25) is 0 Å². The van der Waals surface area contributed by atoms with Gasteiger partial charge in [0.05, 0.1) is 7.11 Å².